The molecule has 2 heterocycles. The molecule has 1 aromatic heterocycles. The summed E-state index contributed by atoms with van der Waals surface area (Å²) in [6.45, 7) is 4.34. The molecular formula is C14H12N2O3S2. The number of rotatable bonds is 4. The molecule has 0 saturated carbocycles. The van der Waals surface area contributed by atoms with Crippen LogP contribution in [-0.4, -0.2) is 22.7 Å². The molecule has 0 spiro atoms. The van der Waals surface area contributed by atoms with Crippen molar-refractivity contribution in [3.8, 4) is 17.4 Å². The van der Waals surface area contributed by atoms with Gasteiger partial charge in [0.05, 0.1) is 11.9 Å². The third-order valence-electron chi connectivity index (χ3n) is 2.89. The van der Waals surface area contributed by atoms with E-state index in [1.54, 1.807) is 29.0 Å². The van der Waals surface area contributed by atoms with E-state index in [0.717, 1.165) is 0 Å². The summed E-state index contributed by atoms with van der Waals surface area (Å²) in [5.41, 5.74) is 0.716. The van der Waals surface area contributed by atoms with Crippen molar-refractivity contribution >= 4 is 35.5 Å². The van der Waals surface area contributed by atoms with E-state index in [0.29, 0.717) is 32.6 Å². The fourth-order valence-corrected chi connectivity index (χ4v) is 3.08. The molecule has 1 aliphatic heterocycles. The minimum absolute atomic E-state index is 0.106. The van der Waals surface area contributed by atoms with E-state index in [1.807, 2.05) is 6.07 Å². The highest BCUT2D eigenvalue weighted by Gasteiger charge is 2.13. The number of fused-ring (bicyclic) bond motifs is 1. The van der Waals surface area contributed by atoms with E-state index in [4.69, 9.17) is 21.7 Å². The average Bonchev–Trinajstić information content (AvgIpc) is 3.04. The molecule has 0 unspecified atom stereocenters. The lowest BCUT2D eigenvalue weighted by atomic mass is 10.3. The van der Waals surface area contributed by atoms with Gasteiger partial charge in [-0.1, -0.05) is 17.4 Å². The molecule has 2 aromatic rings. The van der Waals surface area contributed by atoms with Crippen LogP contribution in [0.5, 0.6) is 17.4 Å². The Balaban J connectivity index is 1.88. The fraction of sp³-hybridized carbons (Fsp3) is 0.143. The Kier molecular flexibility index (Phi) is 3.76. The van der Waals surface area contributed by atoms with Crippen LogP contribution in [0.25, 0.3) is 0 Å². The lowest BCUT2D eigenvalue weighted by Gasteiger charge is -1.99. The number of aromatic nitrogens is 1. The maximum Gasteiger partial charge on any atom is 0.231 e. The van der Waals surface area contributed by atoms with Gasteiger partial charge in [0.25, 0.3) is 0 Å². The summed E-state index contributed by atoms with van der Waals surface area (Å²) in [6.07, 6.45) is 3.27. The van der Waals surface area contributed by atoms with Crippen molar-refractivity contribution in [1.29, 1.82) is 0 Å². The van der Waals surface area contributed by atoms with Crippen LogP contribution < -0.4 is 9.47 Å². The largest absolute Gasteiger partial charge is 0.493 e. The quantitative estimate of drug-likeness (QED) is 0.531. The monoisotopic (exact) mass is 320 g/mol. The summed E-state index contributed by atoms with van der Waals surface area (Å²) in [5, 5.41) is 10.1. The van der Waals surface area contributed by atoms with Gasteiger partial charge in [-0.3, -0.25) is 9.56 Å². The Morgan fingerprint density at radius 2 is 2.24 bits per heavy atom. The molecule has 1 aromatic carbocycles. The molecule has 0 radical (unpaired) electrons. The molecule has 21 heavy (non-hydrogen) atoms. The second-order valence-corrected chi connectivity index (χ2v) is 5.93. The van der Waals surface area contributed by atoms with Crippen molar-refractivity contribution in [2.75, 3.05) is 6.79 Å². The summed E-state index contributed by atoms with van der Waals surface area (Å²) < 4.78 is 12.7. The molecule has 7 heteroatoms. The molecule has 0 saturated heterocycles. The summed E-state index contributed by atoms with van der Waals surface area (Å²) >= 11 is 6.50. The molecule has 1 N–H and O–H groups in total. The van der Waals surface area contributed by atoms with Crippen molar-refractivity contribution in [3.05, 3.63) is 39.7 Å². The Morgan fingerprint density at radius 1 is 1.43 bits per heavy atom. The molecule has 0 amide bonds. The minimum atomic E-state index is 0.106. The van der Waals surface area contributed by atoms with Crippen LogP contribution in [0.2, 0.25) is 0 Å². The number of nitrogens with zero attached hydrogens (tertiary/aromatic N) is 2. The maximum atomic E-state index is 10.1. The summed E-state index contributed by atoms with van der Waals surface area (Å²) in [5.74, 6) is 1.49. The van der Waals surface area contributed by atoms with Gasteiger partial charge in [-0.15, -0.1) is 6.58 Å². The van der Waals surface area contributed by atoms with Crippen LogP contribution in [-0.2, 0) is 6.54 Å². The molecule has 3 rings (SSSR count). The topological polar surface area (TPSA) is 56.0 Å². The van der Waals surface area contributed by atoms with E-state index in [-0.39, 0.29) is 12.7 Å². The Bertz CT molecular complexity index is 777. The summed E-state index contributed by atoms with van der Waals surface area (Å²) in [6, 6.07) is 5.41. The molecular weight excluding hydrogens is 308 g/mol. The number of allylic oxidation sites excluding steroid dienone is 1. The highest BCUT2D eigenvalue weighted by molar-refractivity contribution is 7.73. The van der Waals surface area contributed by atoms with Gasteiger partial charge >= 0.3 is 0 Å². The van der Waals surface area contributed by atoms with Gasteiger partial charge in [0, 0.05) is 12.6 Å². The van der Waals surface area contributed by atoms with Crippen LogP contribution in [0.4, 0.5) is 5.69 Å². The molecule has 0 atom stereocenters. The summed E-state index contributed by atoms with van der Waals surface area (Å²) in [4.78, 5) is 4.94. The lowest BCUT2D eigenvalue weighted by molar-refractivity contribution is 0.174. The van der Waals surface area contributed by atoms with E-state index in [9.17, 15) is 5.11 Å². The first-order chi connectivity index (χ1) is 10.2. The van der Waals surface area contributed by atoms with Crippen molar-refractivity contribution in [3.63, 3.8) is 0 Å². The standard InChI is InChI=1S/C14H12N2O3S2/c1-2-5-16-13(17)12(21-14(16)20)7-15-9-3-4-10-11(6-9)19-8-18-10/h2-4,6-7,17H,1,5,8H2. The van der Waals surface area contributed by atoms with Crippen LogP contribution in [0.15, 0.2) is 35.8 Å². The Morgan fingerprint density at radius 3 is 3.05 bits per heavy atom. The average molecular weight is 320 g/mol. The molecule has 1 aliphatic rings. The zero-order chi connectivity index (χ0) is 14.8. The first-order valence-corrected chi connectivity index (χ1v) is 7.38. The van der Waals surface area contributed by atoms with E-state index >= 15 is 0 Å². The number of hydrogen-bond acceptors (Lipinski definition) is 6. The predicted molar refractivity (Wildman–Crippen MR) is 84.8 cm³/mol. The van der Waals surface area contributed by atoms with Crippen LogP contribution in [0.3, 0.4) is 0 Å². The van der Waals surface area contributed by atoms with E-state index < -0.39 is 0 Å². The minimum Gasteiger partial charge on any atom is -0.493 e. The smallest absolute Gasteiger partial charge is 0.231 e. The van der Waals surface area contributed by atoms with Crippen molar-refractivity contribution in [2.45, 2.75) is 6.54 Å². The zero-order valence-corrected chi connectivity index (χ0v) is 12.6. The first kappa shape index (κ1) is 13.8. The van der Waals surface area contributed by atoms with Gasteiger partial charge in [0.1, 0.15) is 4.88 Å². The van der Waals surface area contributed by atoms with Gasteiger partial charge in [0.2, 0.25) is 12.7 Å². The van der Waals surface area contributed by atoms with Gasteiger partial charge in [-0.25, -0.2) is 0 Å². The maximum absolute atomic E-state index is 10.1. The van der Waals surface area contributed by atoms with Crippen molar-refractivity contribution < 1.29 is 14.6 Å². The number of benzene rings is 1. The molecule has 0 aliphatic carbocycles. The van der Waals surface area contributed by atoms with Gasteiger partial charge in [-0.2, -0.15) is 0 Å². The van der Waals surface area contributed by atoms with Gasteiger partial charge < -0.3 is 14.6 Å². The SMILES string of the molecule is C=CCn1c(O)c(C=Nc2ccc3c(c2)OCO3)sc1=S. The zero-order valence-electron chi connectivity index (χ0n) is 11.0. The third kappa shape index (κ3) is 2.70. The second kappa shape index (κ2) is 5.71. The van der Waals surface area contributed by atoms with Crippen LogP contribution >= 0.6 is 23.6 Å². The van der Waals surface area contributed by atoms with E-state index in [1.165, 1.54) is 11.3 Å². The number of hydrogen-bond donors (Lipinski definition) is 1. The number of ether oxygens (including phenoxy) is 2. The van der Waals surface area contributed by atoms with Crippen molar-refractivity contribution in [1.82, 2.24) is 4.57 Å². The van der Waals surface area contributed by atoms with Crippen LogP contribution in [0.1, 0.15) is 4.88 Å². The molecule has 0 fully saturated rings. The fourth-order valence-electron chi connectivity index (χ4n) is 1.89. The lowest BCUT2D eigenvalue weighted by Crippen LogP contribution is -1.93. The van der Waals surface area contributed by atoms with Gasteiger partial charge in [-0.05, 0) is 24.4 Å². The van der Waals surface area contributed by atoms with Crippen LogP contribution in [0, 0.1) is 3.95 Å². The number of aliphatic imine (C=N–C) groups is 1. The van der Waals surface area contributed by atoms with E-state index in [2.05, 4.69) is 11.6 Å². The molecule has 5 nitrogen and oxygen atoms in total. The Labute approximate surface area is 130 Å². The molecule has 108 valence electrons. The highest BCUT2D eigenvalue weighted by Crippen LogP contribution is 2.35. The Hall–Kier alpha value is -2.12. The summed E-state index contributed by atoms with van der Waals surface area (Å²) in [7, 11) is 0. The third-order valence-corrected chi connectivity index (χ3v) is 4.27. The molecule has 0 bridgehead atoms. The predicted octanol–water partition coefficient (Wildman–Crippen LogP) is 3.65. The second-order valence-electron chi connectivity index (χ2n) is 4.25. The van der Waals surface area contributed by atoms with Crippen molar-refractivity contribution in [2.24, 2.45) is 4.99 Å². The number of aromatic hydroxyl groups is 1. The number of thiazole rings is 1. The highest BCUT2D eigenvalue weighted by atomic mass is 32.1. The normalized spacial score (nSPS) is 13.0. The van der Waals surface area contributed by atoms with Gasteiger partial charge in [0.15, 0.2) is 15.5 Å². The first-order valence-electron chi connectivity index (χ1n) is 6.16.